The minimum absolute atomic E-state index is 0.367. The first-order valence-electron chi connectivity index (χ1n) is 7.36. The van der Waals surface area contributed by atoms with Crippen LogP contribution in [0.25, 0.3) is 6.08 Å². The number of carbonyl (C=O) groups is 2. The van der Waals surface area contributed by atoms with E-state index >= 15 is 0 Å². The molecule has 0 bridgehead atoms. The summed E-state index contributed by atoms with van der Waals surface area (Å²) in [4.78, 5) is 23.7. The van der Waals surface area contributed by atoms with Crippen molar-refractivity contribution < 1.29 is 14.3 Å². The summed E-state index contributed by atoms with van der Waals surface area (Å²) >= 11 is 0. The number of hydrogen-bond acceptors (Lipinski definition) is 3. The molecule has 0 heterocycles. The summed E-state index contributed by atoms with van der Waals surface area (Å²) in [7, 11) is 0. The molecule has 4 nitrogen and oxygen atoms in total. The molecule has 0 saturated heterocycles. The molecular weight excluding hydrogens is 290 g/mol. The van der Waals surface area contributed by atoms with Gasteiger partial charge in [0.2, 0.25) is 0 Å². The van der Waals surface area contributed by atoms with Crippen LogP contribution < -0.4 is 5.32 Å². The van der Waals surface area contributed by atoms with Gasteiger partial charge in [-0.15, -0.1) is 0 Å². The summed E-state index contributed by atoms with van der Waals surface area (Å²) in [5.74, 6) is -0.922. The summed E-state index contributed by atoms with van der Waals surface area (Å²) in [5, 5.41) is 2.69. The van der Waals surface area contributed by atoms with Crippen LogP contribution in [0.15, 0.2) is 60.7 Å². The number of anilines is 1. The summed E-state index contributed by atoms with van der Waals surface area (Å²) in [6, 6.07) is 16.8. The molecule has 2 aromatic rings. The van der Waals surface area contributed by atoms with Crippen LogP contribution in [-0.2, 0) is 14.3 Å². The molecule has 0 aliphatic rings. The fourth-order valence-electron chi connectivity index (χ4n) is 1.87. The first kappa shape index (κ1) is 16.5. The average Bonchev–Trinajstić information content (AvgIpc) is 2.55. The summed E-state index contributed by atoms with van der Waals surface area (Å²) in [6.45, 7) is 3.53. The average molecular weight is 309 g/mol. The van der Waals surface area contributed by atoms with E-state index < -0.39 is 12.1 Å². The lowest BCUT2D eigenvalue weighted by Gasteiger charge is -2.12. The highest BCUT2D eigenvalue weighted by atomic mass is 16.5. The number of para-hydroxylation sites is 1. The smallest absolute Gasteiger partial charge is 0.331 e. The van der Waals surface area contributed by atoms with Gasteiger partial charge in [0.05, 0.1) is 0 Å². The third-order valence-electron chi connectivity index (χ3n) is 3.19. The minimum atomic E-state index is -0.870. The minimum Gasteiger partial charge on any atom is -0.449 e. The molecular formula is C19H19NO3. The maximum absolute atomic E-state index is 11.9. The predicted octanol–water partition coefficient (Wildman–Crippen LogP) is 3.58. The van der Waals surface area contributed by atoms with Crippen molar-refractivity contribution in [3.63, 3.8) is 0 Å². The standard InChI is InChI=1S/C19H19NO3/c1-14-8-10-16(11-9-14)12-13-18(21)23-15(2)19(22)20-17-6-4-3-5-7-17/h3-13,15H,1-2H3,(H,20,22)/b13-12+/t15-/m1/s1. The number of nitrogens with one attached hydrogen (secondary N) is 1. The number of aryl methyl sites for hydroxylation is 1. The molecule has 1 atom stereocenters. The number of ether oxygens (including phenoxy) is 1. The van der Waals surface area contributed by atoms with E-state index in [0.717, 1.165) is 11.1 Å². The highest BCUT2D eigenvalue weighted by Crippen LogP contribution is 2.08. The van der Waals surface area contributed by atoms with Gasteiger partial charge in [-0.2, -0.15) is 0 Å². The summed E-state index contributed by atoms with van der Waals surface area (Å²) in [5.41, 5.74) is 2.71. The molecule has 0 spiro atoms. The number of benzene rings is 2. The molecule has 0 aliphatic heterocycles. The molecule has 1 amide bonds. The Kier molecular flexibility index (Phi) is 5.69. The van der Waals surface area contributed by atoms with E-state index in [4.69, 9.17) is 4.74 Å². The van der Waals surface area contributed by atoms with Gasteiger partial charge in [0.15, 0.2) is 6.10 Å². The monoisotopic (exact) mass is 309 g/mol. The van der Waals surface area contributed by atoms with Crippen LogP contribution in [0.1, 0.15) is 18.1 Å². The van der Waals surface area contributed by atoms with Crippen molar-refractivity contribution in [1.29, 1.82) is 0 Å². The van der Waals surface area contributed by atoms with E-state index in [1.54, 1.807) is 18.2 Å². The fraction of sp³-hybridized carbons (Fsp3) is 0.158. The van der Waals surface area contributed by atoms with Crippen molar-refractivity contribution in [2.45, 2.75) is 20.0 Å². The Bertz CT molecular complexity index is 690. The normalized spacial score (nSPS) is 11.9. The zero-order valence-electron chi connectivity index (χ0n) is 13.2. The first-order chi connectivity index (χ1) is 11.0. The van der Waals surface area contributed by atoms with Crippen molar-refractivity contribution in [2.75, 3.05) is 5.32 Å². The van der Waals surface area contributed by atoms with E-state index in [-0.39, 0.29) is 5.91 Å². The SMILES string of the molecule is Cc1ccc(/C=C/C(=O)O[C@H](C)C(=O)Nc2ccccc2)cc1. The molecule has 118 valence electrons. The van der Waals surface area contributed by atoms with E-state index in [9.17, 15) is 9.59 Å². The van der Waals surface area contributed by atoms with E-state index in [1.807, 2.05) is 49.4 Å². The van der Waals surface area contributed by atoms with Crippen molar-refractivity contribution >= 4 is 23.6 Å². The van der Waals surface area contributed by atoms with E-state index in [1.165, 1.54) is 13.0 Å². The molecule has 0 aliphatic carbocycles. The number of rotatable bonds is 5. The molecule has 23 heavy (non-hydrogen) atoms. The second-order valence-electron chi connectivity index (χ2n) is 5.18. The van der Waals surface area contributed by atoms with Crippen LogP contribution in [0.2, 0.25) is 0 Å². The Morgan fingerprint density at radius 3 is 2.35 bits per heavy atom. The maximum atomic E-state index is 11.9. The lowest BCUT2D eigenvalue weighted by molar-refractivity contribution is -0.148. The molecule has 0 radical (unpaired) electrons. The van der Waals surface area contributed by atoms with Crippen LogP contribution in [0, 0.1) is 6.92 Å². The third-order valence-corrected chi connectivity index (χ3v) is 3.19. The topological polar surface area (TPSA) is 55.4 Å². The van der Waals surface area contributed by atoms with Gasteiger partial charge in [-0.25, -0.2) is 4.79 Å². The van der Waals surface area contributed by atoms with Crippen LogP contribution in [-0.4, -0.2) is 18.0 Å². The highest BCUT2D eigenvalue weighted by molar-refractivity contribution is 5.96. The predicted molar refractivity (Wildman–Crippen MR) is 90.8 cm³/mol. The molecule has 0 saturated carbocycles. The lowest BCUT2D eigenvalue weighted by atomic mass is 10.1. The molecule has 0 unspecified atom stereocenters. The van der Waals surface area contributed by atoms with Gasteiger partial charge in [-0.1, -0.05) is 48.0 Å². The molecule has 0 aromatic heterocycles. The van der Waals surface area contributed by atoms with Gasteiger partial charge in [0.1, 0.15) is 0 Å². The Morgan fingerprint density at radius 1 is 1.04 bits per heavy atom. The van der Waals surface area contributed by atoms with Gasteiger partial charge in [-0.3, -0.25) is 4.79 Å². The van der Waals surface area contributed by atoms with Crippen molar-refractivity contribution in [3.8, 4) is 0 Å². The van der Waals surface area contributed by atoms with Crippen LogP contribution in [0.5, 0.6) is 0 Å². The Balaban J connectivity index is 1.86. The largest absolute Gasteiger partial charge is 0.449 e. The van der Waals surface area contributed by atoms with Gasteiger partial charge < -0.3 is 10.1 Å². The molecule has 2 rings (SSSR count). The van der Waals surface area contributed by atoms with Gasteiger partial charge in [-0.05, 0) is 37.6 Å². The van der Waals surface area contributed by atoms with Crippen LogP contribution in [0.4, 0.5) is 5.69 Å². The number of hydrogen-bond donors (Lipinski definition) is 1. The molecule has 4 heteroatoms. The van der Waals surface area contributed by atoms with Gasteiger partial charge >= 0.3 is 5.97 Å². The second-order valence-corrected chi connectivity index (χ2v) is 5.18. The lowest BCUT2D eigenvalue weighted by Crippen LogP contribution is -2.29. The first-order valence-corrected chi connectivity index (χ1v) is 7.36. The zero-order chi connectivity index (χ0) is 16.7. The Labute approximate surface area is 135 Å². The molecule has 0 fully saturated rings. The van der Waals surface area contributed by atoms with Crippen molar-refractivity contribution in [1.82, 2.24) is 0 Å². The highest BCUT2D eigenvalue weighted by Gasteiger charge is 2.16. The van der Waals surface area contributed by atoms with Crippen LogP contribution >= 0.6 is 0 Å². The van der Waals surface area contributed by atoms with Crippen molar-refractivity contribution in [2.24, 2.45) is 0 Å². The Hall–Kier alpha value is -2.88. The third kappa shape index (κ3) is 5.43. The van der Waals surface area contributed by atoms with Crippen molar-refractivity contribution in [3.05, 3.63) is 71.8 Å². The van der Waals surface area contributed by atoms with Gasteiger partial charge in [0.25, 0.3) is 5.91 Å². The zero-order valence-corrected chi connectivity index (χ0v) is 13.2. The summed E-state index contributed by atoms with van der Waals surface area (Å²) in [6.07, 6.45) is 2.10. The van der Waals surface area contributed by atoms with Crippen LogP contribution in [0.3, 0.4) is 0 Å². The number of amides is 1. The van der Waals surface area contributed by atoms with E-state index in [0.29, 0.717) is 5.69 Å². The number of esters is 1. The second kappa shape index (κ2) is 7.94. The quantitative estimate of drug-likeness (QED) is 0.678. The molecule has 2 aromatic carbocycles. The van der Waals surface area contributed by atoms with E-state index in [2.05, 4.69) is 5.32 Å². The van der Waals surface area contributed by atoms with Gasteiger partial charge in [0, 0.05) is 11.8 Å². The number of carbonyl (C=O) groups excluding carboxylic acids is 2. The fourth-order valence-corrected chi connectivity index (χ4v) is 1.87. The molecule has 1 N–H and O–H groups in total. The summed E-state index contributed by atoms with van der Waals surface area (Å²) < 4.78 is 5.09. The Morgan fingerprint density at radius 2 is 1.70 bits per heavy atom. The maximum Gasteiger partial charge on any atom is 0.331 e.